The smallest absolute Gasteiger partial charge is 0.221 e. The van der Waals surface area contributed by atoms with Gasteiger partial charge in [-0.15, -0.1) is 0 Å². The number of benzene rings is 1. The molecule has 0 aliphatic heterocycles. The highest BCUT2D eigenvalue weighted by Crippen LogP contribution is 2.14. The molecule has 0 saturated carbocycles. The lowest BCUT2D eigenvalue weighted by atomic mass is 10.2. The van der Waals surface area contributed by atoms with Gasteiger partial charge in [-0.1, -0.05) is 25.1 Å². The van der Waals surface area contributed by atoms with Crippen LogP contribution in [0.2, 0.25) is 0 Å². The normalized spacial score (nSPS) is 10.1. The van der Waals surface area contributed by atoms with Gasteiger partial charge in [-0.3, -0.25) is 4.79 Å². The predicted octanol–water partition coefficient (Wildman–Crippen LogP) is 1.01. The number of hydrogen-bond acceptors (Lipinski definition) is 3. The van der Waals surface area contributed by atoms with Crippen molar-refractivity contribution in [1.82, 2.24) is 10.6 Å². The molecule has 0 radical (unpaired) electrons. The summed E-state index contributed by atoms with van der Waals surface area (Å²) in [7, 11) is 0. The number of phenolic OH excluding ortho intramolecular Hbond substituents is 1. The van der Waals surface area contributed by atoms with Gasteiger partial charge in [0.15, 0.2) is 0 Å². The summed E-state index contributed by atoms with van der Waals surface area (Å²) < 4.78 is 0. The maximum Gasteiger partial charge on any atom is 0.221 e. The maximum absolute atomic E-state index is 11.4. The van der Waals surface area contributed by atoms with E-state index in [0.29, 0.717) is 19.5 Å². The molecule has 0 unspecified atom stereocenters. The van der Waals surface area contributed by atoms with E-state index in [0.717, 1.165) is 12.1 Å². The Bertz CT molecular complexity index is 340. The van der Waals surface area contributed by atoms with E-state index in [2.05, 4.69) is 10.6 Å². The third-order valence-electron chi connectivity index (χ3n) is 2.25. The summed E-state index contributed by atoms with van der Waals surface area (Å²) in [6.07, 6.45) is 0.460. The minimum absolute atomic E-state index is 0.01000. The van der Waals surface area contributed by atoms with E-state index >= 15 is 0 Å². The van der Waals surface area contributed by atoms with Crippen LogP contribution < -0.4 is 10.6 Å². The lowest BCUT2D eigenvalue weighted by molar-refractivity contribution is -0.121. The highest BCUT2D eigenvalue weighted by Gasteiger charge is 2.03. The maximum atomic E-state index is 11.4. The Balaban J connectivity index is 2.29. The van der Waals surface area contributed by atoms with Crippen LogP contribution in [0.25, 0.3) is 0 Å². The van der Waals surface area contributed by atoms with Gasteiger partial charge in [0, 0.05) is 25.1 Å². The topological polar surface area (TPSA) is 61.4 Å². The van der Waals surface area contributed by atoms with Crippen LogP contribution in [0.5, 0.6) is 5.75 Å². The van der Waals surface area contributed by atoms with Crippen molar-refractivity contribution in [1.29, 1.82) is 0 Å². The summed E-state index contributed by atoms with van der Waals surface area (Å²) in [6.45, 7) is 3.92. The molecule has 0 aromatic heterocycles. The molecule has 1 aromatic rings. The van der Waals surface area contributed by atoms with E-state index in [9.17, 15) is 9.90 Å². The van der Waals surface area contributed by atoms with Crippen LogP contribution >= 0.6 is 0 Å². The van der Waals surface area contributed by atoms with E-state index in [1.54, 1.807) is 18.2 Å². The average Bonchev–Trinajstić information content (AvgIpc) is 2.28. The van der Waals surface area contributed by atoms with Gasteiger partial charge >= 0.3 is 0 Å². The zero-order valence-corrected chi connectivity index (χ0v) is 9.49. The molecule has 3 N–H and O–H groups in total. The molecule has 88 valence electrons. The Hall–Kier alpha value is -1.55. The van der Waals surface area contributed by atoms with Crippen LogP contribution in [0.1, 0.15) is 18.9 Å². The number of carbonyl (C=O) groups excluding carboxylic acids is 1. The van der Waals surface area contributed by atoms with E-state index in [-0.39, 0.29) is 11.7 Å². The van der Waals surface area contributed by atoms with Crippen LogP contribution in [0.15, 0.2) is 24.3 Å². The van der Waals surface area contributed by atoms with Crippen molar-refractivity contribution in [2.24, 2.45) is 0 Å². The Labute approximate surface area is 95.7 Å². The van der Waals surface area contributed by atoms with Crippen molar-refractivity contribution in [2.75, 3.05) is 13.1 Å². The van der Waals surface area contributed by atoms with Gasteiger partial charge in [-0.05, 0) is 12.6 Å². The van der Waals surface area contributed by atoms with Crippen molar-refractivity contribution >= 4 is 5.91 Å². The molecular formula is C12H18N2O2. The largest absolute Gasteiger partial charge is 0.508 e. The summed E-state index contributed by atoms with van der Waals surface area (Å²) >= 11 is 0. The monoisotopic (exact) mass is 222 g/mol. The van der Waals surface area contributed by atoms with Crippen molar-refractivity contribution in [3.63, 3.8) is 0 Å². The van der Waals surface area contributed by atoms with Gasteiger partial charge in [0.2, 0.25) is 5.91 Å². The summed E-state index contributed by atoms with van der Waals surface area (Å²) in [5, 5.41) is 15.3. The van der Waals surface area contributed by atoms with Gasteiger partial charge in [0.05, 0.1) is 0 Å². The molecule has 0 saturated heterocycles. The number of amides is 1. The second-order valence-corrected chi connectivity index (χ2v) is 3.51. The number of hydrogen-bond donors (Lipinski definition) is 3. The Kier molecular flexibility index (Phi) is 5.36. The molecule has 1 amide bonds. The highest BCUT2D eigenvalue weighted by molar-refractivity contribution is 5.76. The second-order valence-electron chi connectivity index (χ2n) is 3.51. The molecule has 0 aliphatic carbocycles. The fourth-order valence-electron chi connectivity index (χ4n) is 1.32. The molecule has 0 aliphatic rings. The van der Waals surface area contributed by atoms with E-state index < -0.39 is 0 Å². The van der Waals surface area contributed by atoms with Gasteiger partial charge in [0.1, 0.15) is 5.75 Å². The number of aromatic hydroxyl groups is 1. The van der Waals surface area contributed by atoms with Gasteiger partial charge in [-0.25, -0.2) is 0 Å². The summed E-state index contributed by atoms with van der Waals surface area (Å²) in [5.74, 6) is 0.207. The number of phenols is 1. The predicted molar refractivity (Wildman–Crippen MR) is 63.1 cm³/mol. The van der Waals surface area contributed by atoms with Crippen LogP contribution in [-0.2, 0) is 11.3 Å². The zero-order valence-electron chi connectivity index (χ0n) is 9.49. The summed E-state index contributed by atoms with van der Waals surface area (Å²) in [6, 6.07) is 6.99. The summed E-state index contributed by atoms with van der Waals surface area (Å²) in [4.78, 5) is 11.4. The summed E-state index contributed by atoms with van der Waals surface area (Å²) in [5.41, 5.74) is 0.735. The molecule has 0 heterocycles. The minimum Gasteiger partial charge on any atom is -0.508 e. The molecule has 1 rings (SSSR count). The standard InChI is InChI=1S/C12H18N2O2/c1-2-13-8-7-12(16)14-9-10-5-3-4-6-11(10)15/h3-6,13,15H,2,7-9H2,1H3,(H,14,16). The van der Waals surface area contributed by atoms with Crippen LogP contribution in [0.4, 0.5) is 0 Å². The van der Waals surface area contributed by atoms with E-state index in [4.69, 9.17) is 0 Å². The van der Waals surface area contributed by atoms with Gasteiger partial charge in [0.25, 0.3) is 0 Å². The molecule has 4 nitrogen and oxygen atoms in total. The van der Waals surface area contributed by atoms with E-state index in [1.165, 1.54) is 0 Å². The van der Waals surface area contributed by atoms with Crippen molar-refractivity contribution < 1.29 is 9.90 Å². The van der Waals surface area contributed by atoms with Gasteiger partial charge < -0.3 is 15.7 Å². The van der Waals surface area contributed by atoms with Gasteiger partial charge in [-0.2, -0.15) is 0 Å². The quantitative estimate of drug-likeness (QED) is 0.629. The van der Waals surface area contributed by atoms with Crippen LogP contribution in [0, 0.1) is 0 Å². The van der Waals surface area contributed by atoms with Crippen molar-refractivity contribution in [3.8, 4) is 5.75 Å². The molecule has 16 heavy (non-hydrogen) atoms. The van der Waals surface area contributed by atoms with Crippen molar-refractivity contribution in [2.45, 2.75) is 19.9 Å². The lowest BCUT2D eigenvalue weighted by Crippen LogP contribution is -2.27. The fourth-order valence-corrected chi connectivity index (χ4v) is 1.32. The number of rotatable bonds is 6. The third-order valence-corrected chi connectivity index (χ3v) is 2.25. The second kappa shape index (κ2) is 6.85. The Morgan fingerprint density at radius 3 is 2.81 bits per heavy atom. The molecular weight excluding hydrogens is 204 g/mol. The molecule has 1 aromatic carbocycles. The Morgan fingerprint density at radius 2 is 2.12 bits per heavy atom. The number of carbonyl (C=O) groups is 1. The van der Waals surface area contributed by atoms with E-state index in [1.807, 2.05) is 13.0 Å². The molecule has 0 atom stereocenters. The average molecular weight is 222 g/mol. The Morgan fingerprint density at radius 1 is 1.38 bits per heavy atom. The molecule has 0 spiro atoms. The molecule has 0 fully saturated rings. The molecule has 0 bridgehead atoms. The first-order chi connectivity index (χ1) is 7.74. The highest BCUT2D eigenvalue weighted by atomic mass is 16.3. The first-order valence-electron chi connectivity index (χ1n) is 5.48. The minimum atomic E-state index is -0.01000. The fraction of sp³-hybridized carbons (Fsp3) is 0.417. The number of nitrogens with one attached hydrogen (secondary N) is 2. The zero-order chi connectivity index (χ0) is 11.8. The SMILES string of the molecule is CCNCCC(=O)NCc1ccccc1O. The number of para-hydroxylation sites is 1. The first-order valence-corrected chi connectivity index (χ1v) is 5.48. The van der Waals surface area contributed by atoms with Crippen LogP contribution in [0.3, 0.4) is 0 Å². The lowest BCUT2D eigenvalue weighted by Gasteiger charge is -2.07. The first kappa shape index (κ1) is 12.5. The van der Waals surface area contributed by atoms with Crippen molar-refractivity contribution in [3.05, 3.63) is 29.8 Å². The molecule has 4 heteroatoms. The third kappa shape index (κ3) is 4.31. The van der Waals surface area contributed by atoms with Crippen LogP contribution in [-0.4, -0.2) is 24.1 Å².